The van der Waals surface area contributed by atoms with Gasteiger partial charge in [0.15, 0.2) is 0 Å². The molecule has 0 spiro atoms. The van der Waals surface area contributed by atoms with Crippen molar-refractivity contribution >= 4 is 5.91 Å². The second kappa shape index (κ2) is 6.01. The van der Waals surface area contributed by atoms with E-state index in [4.69, 9.17) is 5.11 Å². The van der Waals surface area contributed by atoms with Gasteiger partial charge in [-0.05, 0) is 31.5 Å². The quantitative estimate of drug-likeness (QED) is 0.831. The van der Waals surface area contributed by atoms with Gasteiger partial charge in [0.2, 0.25) is 0 Å². The maximum absolute atomic E-state index is 13.3. The van der Waals surface area contributed by atoms with Crippen molar-refractivity contribution < 1.29 is 27.5 Å². The van der Waals surface area contributed by atoms with E-state index in [2.05, 4.69) is 5.32 Å². The van der Waals surface area contributed by atoms with E-state index in [1.165, 1.54) is 6.92 Å². The maximum Gasteiger partial charge on any atom is 0.416 e. The van der Waals surface area contributed by atoms with Crippen LogP contribution < -0.4 is 5.32 Å². The molecule has 0 saturated heterocycles. The van der Waals surface area contributed by atoms with Crippen LogP contribution in [0.1, 0.15) is 29.3 Å². The molecule has 1 rings (SSSR count). The lowest BCUT2D eigenvalue weighted by molar-refractivity contribution is -0.137. The number of carbonyl (C=O) groups excluding carboxylic acids is 1. The highest BCUT2D eigenvalue weighted by Crippen LogP contribution is 2.30. The number of benzene rings is 1. The van der Waals surface area contributed by atoms with Crippen molar-refractivity contribution in [3.05, 3.63) is 35.1 Å². The summed E-state index contributed by atoms with van der Waals surface area (Å²) in [4.78, 5) is 11.5. The molecule has 0 saturated carbocycles. The zero-order valence-corrected chi connectivity index (χ0v) is 10.1. The Hall–Kier alpha value is -1.63. The smallest absolute Gasteiger partial charge is 0.393 e. The molecule has 0 aromatic heterocycles. The first-order valence-electron chi connectivity index (χ1n) is 5.55. The summed E-state index contributed by atoms with van der Waals surface area (Å²) < 4.78 is 50.6. The maximum atomic E-state index is 13.3. The Morgan fingerprint density at radius 2 is 2.05 bits per heavy atom. The van der Waals surface area contributed by atoms with Gasteiger partial charge in [-0.2, -0.15) is 13.2 Å². The number of alkyl halides is 3. The van der Waals surface area contributed by atoms with Gasteiger partial charge >= 0.3 is 6.18 Å². The normalized spacial score (nSPS) is 13.2. The third-order valence-electron chi connectivity index (χ3n) is 2.39. The van der Waals surface area contributed by atoms with E-state index in [1.54, 1.807) is 0 Å². The molecule has 2 N–H and O–H groups in total. The van der Waals surface area contributed by atoms with Gasteiger partial charge in [0.25, 0.3) is 5.91 Å². The predicted molar refractivity (Wildman–Crippen MR) is 60.0 cm³/mol. The Balaban J connectivity index is 2.84. The summed E-state index contributed by atoms with van der Waals surface area (Å²) in [6, 6.07) is 1.64. The largest absolute Gasteiger partial charge is 0.416 e. The molecule has 19 heavy (non-hydrogen) atoms. The summed E-state index contributed by atoms with van der Waals surface area (Å²) in [5.74, 6) is -1.97. The third kappa shape index (κ3) is 4.51. The molecule has 106 valence electrons. The second-order valence-corrected chi connectivity index (χ2v) is 4.09. The molecule has 1 unspecified atom stereocenters. The molecule has 0 aliphatic carbocycles. The van der Waals surface area contributed by atoms with E-state index in [1.807, 2.05) is 0 Å². The highest BCUT2D eigenvalue weighted by atomic mass is 19.4. The van der Waals surface area contributed by atoms with Crippen molar-refractivity contribution in [2.24, 2.45) is 0 Å². The molecule has 0 fully saturated rings. The molecule has 1 aromatic rings. The van der Waals surface area contributed by atoms with E-state index in [-0.39, 0.29) is 13.0 Å². The molecule has 0 radical (unpaired) electrons. The molecule has 1 amide bonds. The van der Waals surface area contributed by atoms with Gasteiger partial charge in [-0.25, -0.2) is 4.39 Å². The number of aliphatic hydroxyl groups excluding tert-OH is 1. The molecular formula is C12H13F4NO2. The van der Waals surface area contributed by atoms with Gasteiger partial charge in [0, 0.05) is 6.54 Å². The van der Waals surface area contributed by atoms with Crippen molar-refractivity contribution in [1.29, 1.82) is 0 Å². The number of hydrogen-bond acceptors (Lipinski definition) is 2. The van der Waals surface area contributed by atoms with E-state index in [0.717, 1.165) is 0 Å². The standard InChI is InChI=1S/C12H13F4NO2/c1-7(18)4-5-17-11(19)9-6-8(12(14,15)16)2-3-10(9)13/h2-3,6-7,18H,4-5H2,1H3,(H,17,19). The number of carbonyl (C=O) groups is 1. The van der Waals surface area contributed by atoms with Crippen molar-refractivity contribution in [3.8, 4) is 0 Å². The molecule has 3 nitrogen and oxygen atoms in total. The van der Waals surface area contributed by atoms with Crippen LogP contribution >= 0.6 is 0 Å². The lowest BCUT2D eigenvalue weighted by Crippen LogP contribution is -2.27. The number of rotatable bonds is 4. The lowest BCUT2D eigenvalue weighted by Gasteiger charge is -2.10. The first-order valence-corrected chi connectivity index (χ1v) is 5.55. The molecule has 7 heteroatoms. The summed E-state index contributed by atoms with van der Waals surface area (Å²) in [6.45, 7) is 1.54. The Bertz CT molecular complexity index is 458. The molecule has 1 atom stereocenters. The van der Waals surface area contributed by atoms with Crippen molar-refractivity contribution in [2.45, 2.75) is 25.6 Å². The fraction of sp³-hybridized carbons (Fsp3) is 0.417. The summed E-state index contributed by atoms with van der Waals surface area (Å²) in [5.41, 5.74) is -1.75. The first kappa shape index (κ1) is 15.4. The highest BCUT2D eigenvalue weighted by molar-refractivity contribution is 5.94. The van der Waals surface area contributed by atoms with Gasteiger partial charge in [0.05, 0.1) is 17.2 Å². The van der Waals surface area contributed by atoms with Crippen LogP contribution in [0.15, 0.2) is 18.2 Å². The first-order chi connectivity index (χ1) is 8.71. The zero-order valence-electron chi connectivity index (χ0n) is 10.1. The average molecular weight is 279 g/mol. The number of halogens is 4. The van der Waals surface area contributed by atoms with Crippen molar-refractivity contribution in [3.63, 3.8) is 0 Å². The minimum absolute atomic E-state index is 0.0478. The summed E-state index contributed by atoms with van der Waals surface area (Å²) in [5, 5.41) is 11.2. The number of aliphatic hydroxyl groups is 1. The minimum Gasteiger partial charge on any atom is -0.393 e. The van der Waals surface area contributed by atoms with Crippen LogP contribution in [0.4, 0.5) is 17.6 Å². The summed E-state index contributed by atoms with van der Waals surface area (Å²) in [6.07, 6.45) is -5.07. The average Bonchev–Trinajstić information content (AvgIpc) is 2.27. The van der Waals surface area contributed by atoms with Gasteiger partial charge in [-0.15, -0.1) is 0 Å². The fourth-order valence-electron chi connectivity index (χ4n) is 1.37. The number of hydrogen-bond donors (Lipinski definition) is 2. The third-order valence-corrected chi connectivity index (χ3v) is 2.39. The molecule has 0 bridgehead atoms. The monoisotopic (exact) mass is 279 g/mol. The Morgan fingerprint density at radius 1 is 1.42 bits per heavy atom. The van der Waals surface area contributed by atoms with E-state index >= 15 is 0 Å². The van der Waals surface area contributed by atoms with Gasteiger partial charge < -0.3 is 10.4 Å². The topological polar surface area (TPSA) is 49.3 Å². The molecule has 0 aliphatic heterocycles. The number of nitrogens with one attached hydrogen (secondary N) is 1. The van der Waals surface area contributed by atoms with E-state index in [0.29, 0.717) is 18.2 Å². The zero-order chi connectivity index (χ0) is 14.6. The van der Waals surface area contributed by atoms with Crippen LogP contribution in [0, 0.1) is 5.82 Å². The van der Waals surface area contributed by atoms with Crippen molar-refractivity contribution in [1.82, 2.24) is 5.32 Å². The number of amides is 1. The van der Waals surface area contributed by atoms with Crippen LogP contribution in [0.3, 0.4) is 0 Å². The summed E-state index contributed by atoms with van der Waals surface area (Å²) in [7, 11) is 0. The molecule has 1 aromatic carbocycles. The van der Waals surface area contributed by atoms with Crippen LogP contribution in [0.5, 0.6) is 0 Å². The highest BCUT2D eigenvalue weighted by Gasteiger charge is 2.31. The fourth-order valence-corrected chi connectivity index (χ4v) is 1.37. The Kier molecular flexibility index (Phi) is 4.88. The molecule has 0 heterocycles. The van der Waals surface area contributed by atoms with Crippen molar-refractivity contribution in [2.75, 3.05) is 6.54 Å². The van der Waals surface area contributed by atoms with Gasteiger partial charge in [0.1, 0.15) is 5.82 Å². The van der Waals surface area contributed by atoms with E-state index < -0.39 is 35.1 Å². The Morgan fingerprint density at radius 3 is 2.58 bits per heavy atom. The minimum atomic E-state index is -4.64. The van der Waals surface area contributed by atoms with Crippen LogP contribution in [0.25, 0.3) is 0 Å². The Labute approximate surface area is 107 Å². The van der Waals surface area contributed by atoms with Crippen LogP contribution in [0.2, 0.25) is 0 Å². The second-order valence-electron chi connectivity index (χ2n) is 4.09. The predicted octanol–water partition coefficient (Wildman–Crippen LogP) is 2.35. The molecular weight excluding hydrogens is 266 g/mol. The summed E-state index contributed by atoms with van der Waals surface area (Å²) >= 11 is 0. The van der Waals surface area contributed by atoms with Crippen LogP contribution in [-0.2, 0) is 6.18 Å². The lowest BCUT2D eigenvalue weighted by atomic mass is 10.1. The SMILES string of the molecule is CC(O)CCNC(=O)c1cc(C(F)(F)F)ccc1F. The van der Waals surface area contributed by atoms with Gasteiger partial charge in [-0.3, -0.25) is 4.79 Å². The van der Waals surface area contributed by atoms with E-state index in [9.17, 15) is 22.4 Å². The molecule has 0 aliphatic rings. The van der Waals surface area contributed by atoms with Gasteiger partial charge in [-0.1, -0.05) is 0 Å². The van der Waals surface area contributed by atoms with Crippen LogP contribution in [-0.4, -0.2) is 23.7 Å².